The number of nitrogens with one attached hydrogen (secondary N) is 1. The molecular weight excluding hydrogens is 407 g/mol. The molecule has 0 atom stereocenters. The molecule has 0 amide bonds. The summed E-state index contributed by atoms with van der Waals surface area (Å²) in [5, 5.41) is 4.38. The van der Waals surface area contributed by atoms with Crippen LogP contribution < -0.4 is 14.8 Å². The highest BCUT2D eigenvalue weighted by Gasteiger charge is 2.06. The maximum Gasteiger partial charge on any atom is 0.119 e. The Morgan fingerprint density at radius 2 is 1.45 bits per heavy atom. The molecule has 0 fully saturated rings. The average molecular weight is 427 g/mol. The lowest BCUT2D eigenvalue weighted by Crippen LogP contribution is -1.99. The molecule has 0 unspecified atom stereocenters. The summed E-state index contributed by atoms with van der Waals surface area (Å²) in [5.74, 6) is 1.58. The maximum absolute atomic E-state index is 6.21. The standard InChI is InChI=1S/C23H20Cl2N2O2/c1-28-19-8-4-17(5-9-19)26-14-13-23(16-3-12-21(24)22(25)15-16)27-18-6-10-20(29-2)11-7-18/h3-15,27H,1-2H3/b23-13+,26-14?. The summed E-state index contributed by atoms with van der Waals surface area (Å²) in [6.07, 6.45) is 3.62. The summed E-state index contributed by atoms with van der Waals surface area (Å²) < 4.78 is 10.4. The Morgan fingerprint density at radius 1 is 0.828 bits per heavy atom. The van der Waals surface area contributed by atoms with Crippen molar-refractivity contribution in [3.05, 3.63) is 88.4 Å². The Bertz CT molecular complexity index is 1010. The van der Waals surface area contributed by atoms with E-state index in [4.69, 9.17) is 32.7 Å². The largest absolute Gasteiger partial charge is 0.497 e. The first kappa shape index (κ1) is 20.8. The van der Waals surface area contributed by atoms with Crippen molar-refractivity contribution in [2.45, 2.75) is 0 Å². The van der Waals surface area contributed by atoms with Gasteiger partial charge in [0, 0.05) is 17.6 Å². The number of anilines is 1. The minimum absolute atomic E-state index is 0.485. The molecule has 0 saturated carbocycles. The van der Waals surface area contributed by atoms with E-state index in [1.807, 2.05) is 66.7 Å². The van der Waals surface area contributed by atoms with E-state index in [0.29, 0.717) is 10.0 Å². The quantitative estimate of drug-likeness (QED) is 0.419. The molecule has 0 aliphatic rings. The van der Waals surface area contributed by atoms with Gasteiger partial charge in [0.25, 0.3) is 0 Å². The predicted molar refractivity (Wildman–Crippen MR) is 122 cm³/mol. The number of ether oxygens (including phenoxy) is 2. The molecule has 0 aromatic heterocycles. The average Bonchev–Trinajstić information content (AvgIpc) is 2.76. The normalized spacial score (nSPS) is 11.5. The van der Waals surface area contributed by atoms with Crippen LogP contribution in [-0.4, -0.2) is 20.4 Å². The van der Waals surface area contributed by atoms with Gasteiger partial charge in [-0.15, -0.1) is 0 Å². The Hall–Kier alpha value is -2.95. The van der Waals surface area contributed by atoms with Crippen LogP contribution in [0, 0.1) is 0 Å². The monoisotopic (exact) mass is 426 g/mol. The molecule has 4 nitrogen and oxygen atoms in total. The van der Waals surface area contributed by atoms with Crippen molar-refractivity contribution < 1.29 is 9.47 Å². The summed E-state index contributed by atoms with van der Waals surface area (Å²) in [6, 6.07) is 20.6. The molecule has 0 spiro atoms. The third-order valence-corrected chi connectivity index (χ3v) is 4.88. The lowest BCUT2D eigenvalue weighted by atomic mass is 10.1. The fourth-order valence-electron chi connectivity index (χ4n) is 2.57. The van der Waals surface area contributed by atoms with Gasteiger partial charge in [-0.3, -0.25) is 4.99 Å². The van der Waals surface area contributed by atoms with Crippen molar-refractivity contribution in [1.82, 2.24) is 0 Å². The smallest absolute Gasteiger partial charge is 0.119 e. The van der Waals surface area contributed by atoms with Gasteiger partial charge in [-0.1, -0.05) is 29.3 Å². The maximum atomic E-state index is 6.21. The molecule has 148 valence electrons. The second-order valence-electron chi connectivity index (χ2n) is 6.04. The zero-order valence-corrected chi connectivity index (χ0v) is 17.5. The Labute approximate surface area is 180 Å². The van der Waals surface area contributed by atoms with Crippen LogP contribution in [0.15, 0.2) is 77.8 Å². The number of hydrogen-bond donors (Lipinski definition) is 1. The van der Waals surface area contributed by atoms with Crippen molar-refractivity contribution in [1.29, 1.82) is 0 Å². The number of halogens is 2. The van der Waals surface area contributed by atoms with Crippen LogP contribution in [0.5, 0.6) is 11.5 Å². The summed E-state index contributed by atoms with van der Waals surface area (Å²) in [5.41, 5.74) is 3.43. The summed E-state index contributed by atoms with van der Waals surface area (Å²) in [7, 11) is 3.27. The van der Waals surface area contributed by atoms with Crippen molar-refractivity contribution in [3.8, 4) is 11.5 Å². The minimum Gasteiger partial charge on any atom is -0.497 e. The number of nitrogens with zero attached hydrogens (tertiary/aromatic N) is 1. The first-order valence-electron chi connectivity index (χ1n) is 8.84. The van der Waals surface area contributed by atoms with Crippen LogP contribution in [-0.2, 0) is 0 Å². The SMILES string of the molecule is COc1ccc(N=C/C=C(/Nc2ccc(OC)cc2)c2ccc(Cl)c(Cl)c2)cc1. The van der Waals surface area contributed by atoms with Crippen LogP contribution in [0.1, 0.15) is 5.56 Å². The van der Waals surface area contributed by atoms with E-state index in [1.54, 1.807) is 26.5 Å². The molecule has 0 aliphatic heterocycles. The van der Waals surface area contributed by atoms with E-state index >= 15 is 0 Å². The number of rotatable bonds is 7. The van der Waals surface area contributed by atoms with Crippen LogP contribution in [0.3, 0.4) is 0 Å². The summed E-state index contributed by atoms with van der Waals surface area (Å²) >= 11 is 12.3. The molecular formula is C23H20Cl2N2O2. The van der Waals surface area contributed by atoms with Crippen LogP contribution in [0.4, 0.5) is 11.4 Å². The first-order chi connectivity index (χ1) is 14.1. The fourth-order valence-corrected chi connectivity index (χ4v) is 2.87. The molecule has 29 heavy (non-hydrogen) atoms. The number of aliphatic imine (C=N–C) groups is 1. The first-order valence-corrected chi connectivity index (χ1v) is 9.59. The summed E-state index contributed by atoms with van der Waals surface area (Å²) in [6.45, 7) is 0. The zero-order chi connectivity index (χ0) is 20.6. The minimum atomic E-state index is 0.485. The Kier molecular flexibility index (Phi) is 7.17. The number of allylic oxidation sites excluding steroid dienone is 1. The van der Waals surface area contributed by atoms with Crippen molar-refractivity contribution >= 4 is 46.5 Å². The van der Waals surface area contributed by atoms with Gasteiger partial charge in [0.15, 0.2) is 0 Å². The molecule has 6 heteroatoms. The number of hydrogen-bond acceptors (Lipinski definition) is 4. The predicted octanol–water partition coefficient (Wildman–Crippen LogP) is 6.87. The Balaban J connectivity index is 1.88. The van der Waals surface area contributed by atoms with Crippen molar-refractivity contribution in [2.75, 3.05) is 19.5 Å². The zero-order valence-electron chi connectivity index (χ0n) is 16.0. The second-order valence-corrected chi connectivity index (χ2v) is 6.85. The van der Waals surface area contributed by atoms with E-state index in [-0.39, 0.29) is 0 Å². The molecule has 0 radical (unpaired) electrons. The van der Waals surface area contributed by atoms with E-state index < -0.39 is 0 Å². The van der Waals surface area contributed by atoms with Gasteiger partial charge in [-0.05, 0) is 72.3 Å². The van der Waals surface area contributed by atoms with Gasteiger partial charge in [-0.25, -0.2) is 0 Å². The highest BCUT2D eigenvalue weighted by molar-refractivity contribution is 6.42. The third kappa shape index (κ3) is 5.76. The third-order valence-electron chi connectivity index (χ3n) is 4.14. The van der Waals surface area contributed by atoms with Crippen LogP contribution in [0.25, 0.3) is 5.70 Å². The fraction of sp³-hybridized carbons (Fsp3) is 0.0870. The number of methoxy groups -OCH3 is 2. The van der Waals surface area contributed by atoms with E-state index in [1.165, 1.54) is 0 Å². The topological polar surface area (TPSA) is 42.8 Å². The van der Waals surface area contributed by atoms with E-state index in [0.717, 1.165) is 34.1 Å². The Morgan fingerprint density at radius 3 is 2.03 bits per heavy atom. The second kappa shape index (κ2) is 10.0. The molecule has 0 saturated heterocycles. The number of benzene rings is 3. The molecule has 0 aliphatic carbocycles. The molecule has 3 aromatic rings. The molecule has 0 heterocycles. The van der Waals surface area contributed by atoms with Crippen LogP contribution >= 0.6 is 23.2 Å². The molecule has 3 aromatic carbocycles. The van der Waals surface area contributed by atoms with Gasteiger partial charge in [-0.2, -0.15) is 0 Å². The van der Waals surface area contributed by atoms with Gasteiger partial charge in [0.05, 0.1) is 30.0 Å². The van der Waals surface area contributed by atoms with Crippen molar-refractivity contribution in [2.24, 2.45) is 4.99 Å². The lowest BCUT2D eigenvalue weighted by Gasteiger charge is -2.12. The highest BCUT2D eigenvalue weighted by atomic mass is 35.5. The van der Waals surface area contributed by atoms with Gasteiger partial charge in [0.1, 0.15) is 11.5 Å². The van der Waals surface area contributed by atoms with Crippen molar-refractivity contribution in [3.63, 3.8) is 0 Å². The van der Waals surface area contributed by atoms with E-state index in [2.05, 4.69) is 10.3 Å². The van der Waals surface area contributed by atoms with Gasteiger partial charge < -0.3 is 14.8 Å². The molecule has 0 bridgehead atoms. The highest BCUT2D eigenvalue weighted by Crippen LogP contribution is 2.27. The molecule has 1 N–H and O–H groups in total. The summed E-state index contributed by atoms with van der Waals surface area (Å²) in [4.78, 5) is 4.48. The van der Waals surface area contributed by atoms with E-state index in [9.17, 15) is 0 Å². The van der Waals surface area contributed by atoms with Gasteiger partial charge in [0.2, 0.25) is 0 Å². The van der Waals surface area contributed by atoms with Crippen LogP contribution in [0.2, 0.25) is 10.0 Å². The lowest BCUT2D eigenvalue weighted by molar-refractivity contribution is 0.415. The van der Waals surface area contributed by atoms with Gasteiger partial charge >= 0.3 is 0 Å². The molecule has 3 rings (SSSR count).